The molecular formula is C17H30. The van der Waals surface area contributed by atoms with Gasteiger partial charge in [0.1, 0.15) is 0 Å². The second-order valence-electron chi connectivity index (χ2n) is 4.76. The molecule has 0 amide bonds. The summed E-state index contributed by atoms with van der Waals surface area (Å²) in [6.07, 6.45) is 9.63. The Hall–Kier alpha value is -0.780. The van der Waals surface area contributed by atoms with Crippen LogP contribution in [-0.2, 0) is 6.42 Å². The summed E-state index contributed by atoms with van der Waals surface area (Å²) in [4.78, 5) is 0. The highest BCUT2D eigenvalue weighted by Gasteiger charge is 1.86. The SMILES string of the molecule is CCCCCCCC.CCc1cccc(C)c1. The molecule has 17 heavy (non-hydrogen) atoms. The summed E-state index contributed by atoms with van der Waals surface area (Å²) < 4.78 is 0. The zero-order chi connectivity index (χ0) is 12.9. The molecule has 98 valence electrons. The minimum atomic E-state index is 1.14. The van der Waals surface area contributed by atoms with Gasteiger partial charge in [-0.3, -0.25) is 0 Å². The van der Waals surface area contributed by atoms with E-state index in [1.807, 2.05) is 0 Å². The van der Waals surface area contributed by atoms with Gasteiger partial charge in [0.15, 0.2) is 0 Å². The van der Waals surface area contributed by atoms with E-state index in [1.165, 1.54) is 49.7 Å². The summed E-state index contributed by atoms with van der Waals surface area (Å²) in [5, 5.41) is 0. The molecule has 1 aromatic rings. The van der Waals surface area contributed by atoms with Crippen LogP contribution < -0.4 is 0 Å². The number of unbranched alkanes of at least 4 members (excludes halogenated alkanes) is 5. The van der Waals surface area contributed by atoms with E-state index in [0.29, 0.717) is 0 Å². The van der Waals surface area contributed by atoms with Crippen LogP contribution in [0.1, 0.15) is 70.4 Å². The summed E-state index contributed by atoms with van der Waals surface area (Å²) in [7, 11) is 0. The van der Waals surface area contributed by atoms with E-state index < -0.39 is 0 Å². The normalized spacial score (nSPS) is 9.65. The van der Waals surface area contributed by atoms with E-state index in [-0.39, 0.29) is 0 Å². The Labute approximate surface area is 108 Å². The highest BCUT2D eigenvalue weighted by Crippen LogP contribution is 2.03. The average molecular weight is 234 g/mol. The molecule has 0 saturated carbocycles. The molecule has 0 fully saturated rings. The lowest BCUT2D eigenvalue weighted by Gasteiger charge is -1.95. The molecule has 0 aliphatic rings. The molecule has 1 aromatic carbocycles. The molecule has 0 nitrogen and oxygen atoms in total. The van der Waals surface area contributed by atoms with Crippen LogP contribution in [0.15, 0.2) is 24.3 Å². The monoisotopic (exact) mass is 234 g/mol. The fourth-order valence-electron chi connectivity index (χ4n) is 1.79. The van der Waals surface area contributed by atoms with Crippen molar-refractivity contribution in [3.8, 4) is 0 Å². The standard InChI is InChI=1S/C9H12.C8H18/c1-3-9-6-4-5-8(2)7-9;1-3-5-7-8-6-4-2/h4-7H,3H2,1-2H3;3-8H2,1-2H3. The molecule has 0 unspecified atom stereocenters. The number of hydrogen-bond donors (Lipinski definition) is 0. The Morgan fingerprint density at radius 1 is 0.824 bits per heavy atom. The molecule has 0 spiro atoms. The maximum absolute atomic E-state index is 2.26. The quantitative estimate of drug-likeness (QED) is 0.536. The predicted octanol–water partition coefficient (Wildman–Crippen LogP) is 5.92. The van der Waals surface area contributed by atoms with Crippen LogP contribution in [0.5, 0.6) is 0 Å². The Morgan fingerprint density at radius 3 is 1.76 bits per heavy atom. The molecule has 0 bridgehead atoms. The molecule has 0 aliphatic heterocycles. The van der Waals surface area contributed by atoms with Crippen molar-refractivity contribution in [3.63, 3.8) is 0 Å². The molecule has 0 heteroatoms. The fraction of sp³-hybridized carbons (Fsp3) is 0.647. The highest BCUT2D eigenvalue weighted by atomic mass is 13.9. The molecule has 0 radical (unpaired) electrons. The largest absolute Gasteiger partial charge is 0.0654 e. The third kappa shape index (κ3) is 10.1. The first-order chi connectivity index (χ1) is 8.24. The Balaban J connectivity index is 0.000000304. The van der Waals surface area contributed by atoms with Crippen molar-refractivity contribution < 1.29 is 0 Å². The minimum absolute atomic E-state index is 1.14. The van der Waals surface area contributed by atoms with Gasteiger partial charge in [-0.15, -0.1) is 0 Å². The molecule has 0 aliphatic carbocycles. The number of rotatable bonds is 6. The van der Waals surface area contributed by atoms with Gasteiger partial charge in [0.25, 0.3) is 0 Å². The first kappa shape index (κ1) is 16.2. The number of hydrogen-bond acceptors (Lipinski definition) is 0. The summed E-state index contributed by atoms with van der Waals surface area (Å²) in [6.45, 7) is 8.81. The smallest absolute Gasteiger partial charge is 0.0307 e. The van der Waals surface area contributed by atoms with Crippen LogP contribution in [0.2, 0.25) is 0 Å². The molecule has 0 aromatic heterocycles. The van der Waals surface area contributed by atoms with Crippen LogP contribution >= 0.6 is 0 Å². The minimum Gasteiger partial charge on any atom is -0.0654 e. The number of benzene rings is 1. The topological polar surface area (TPSA) is 0 Å². The van der Waals surface area contributed by atoms with Gasteiger partial charge in [0.2, 0.25) is 0 Å². The second kappa shape index (κ2) is 11.7. The van der Waals surface area contributed by atoms with Crippen molar-refractivity contribution in [2.45, 2.75) is 72.6 Å². The number of aryl methyl sites for hydroxylation is 2. The van der Waals surface area contributed by atoms with E-state index in [9.17, 15) is 0 Å². The zero-order valence-electron chi connectivity index (χ0n) is 12.3. The third-order valence-corrected chi connectivity index (χ3v) is 2.95. The zero-order valence-corrected chi connectivity index (χ0v) is 12.3. The Bertz CT molecular complexity index is 256. The van der Waals surface area contributed by atoms with Crippen molar-refractivity contribution in [1.29, 1.82) is 0 Å². The van der Waals surface area contributed by atoms with Crippen molar-refractivity contribution >= 4 is 0 Å². The van der Waals surface area contributed by atoms with E-state index >= 15 is 0 Å². The third-order valence-electron chi connectivity index (χ3n) is 2.95. The summed E-state index contributed by atoms with van der Waals surface area (Å²) >= 11 is 0. The van der Waals surface area contributed by atoms with Crippen LogP contribution in [0.25, 0.3) is 0 Å². The first-order valence-corrected chi connectivity index (χ1v) is 7.30. The van der Waals surface area contributed by atoms with Crippen molar-refractivity contribution in [3.05, 3.63) is 35.4 Å². The highest BCUT2D eigenvalue weighted by molar-refractivity contribution is 5.21. The van der Waals surface area contributed by atoms with Gasteiger partial charge in [-0.05, 0) is 18.9 Å². The lowest BCUT2D eigenvalue weighted by atomic mass is 10.1. The van der Waals surface area contributed by atoms with Crippen molar-refractivity contribution in [2.75, 3.05) is 0 Å². The van der Waals surface area contributed by atoms with Gasteiger partial charge in [-0.2, -0.15) is 0 Å². The van der Waals surface area contributed by atoms with Crippen LogP contribution in [0.3, 0.4) is 0 Å². The first-order valence-electron chi connectivity index (χ1n) is 7.30. The molecule has 1 rings (SSSR count). The van der Waals surface area contributed by atoms with Crippen molar-refractivity contribution in [1.82, 2.24) is 0 Å². The van der Waals surface area contributed by atoms with Crippen LogP contribution in [0.4, 0.5) is 0 Å². The van der Waals surface area contributed by atoms with Crippen LogP contribution in [0, 0.1) is 6.92 Å². The van der Waals surface area contributed by atoms with E-state index in [1.54, 1.807) is 0 Å². The molecule has 0 saturated heterocycles. The van der Waals surface area contributed by atoms with Gasteiger partial charge in [0.05, 0.1) is 0 Å². The Morgan fingerprint density at radius 2 is 1.41 bits per heavy atom. The molecule has 0 atom stereocenters. The van der Waals surface area contributed by atoms with Crippen LogP contribution in [-0.4, -0.2) is 0 Å². The van der Waals surface area contributed by atoms with Gasteiger partial charge in [0, 0.05) is 0 Å². The lowest BCUT2D eigenvalue weighted by Crippen LogP contribution is -1.78. The van der Waals surface area contributed by atoms with E-state index in [4.69, 9.17) is 0 Å². The summed E-state index contributed by atoms with van der Waals surface area (Å²) in [5.74, 6) is 0. The predicted molar refractivity (Wildman–Crippen MR) is 79.6 cm³/mol. The van der Waals surface area contributed by atoms with Crippen molar-refractivity contribution in [2.24, 2.45) is 0 Å². The van der Waals surface area contributed by atoms with Gasteiger partial charge in [-0.1, -0.05) is 89.1 Å². The molecular weight excluding hydrogens is 204 g/mol. The maximum Gasteiger partial charge on any atom is -0.0307 e. The van der Waals surface area contributed by atoms with E-state index in [0.717, 1.165) is 6.42 Å². The van der Waals surface area contributed by atoms with Gasteiger partial charge >= 0.3 is 0 Å². The molecule has 0 heterocycles. The molecule has 0 N–H and O–H groups in total. The summed E-state index contributed by atoms with van der Waals surface area (Å²) in [6, 6.07) is 8.61. The van der Waals surface area contributed by atoms with Gasteiger partial charge < -0.3 is 0 Å². The second-order valence-corrected chi connectivity index (χ2v) is 4.76. The Kier molecular flexibility index (Phi) is 11.2. The fourth-order valence-corrected chi connectivity index (χ4v) is 1.79. The summed E-state index contributed by atoms with van der Waals surface area (Å²) in [5.41, 5.74) is 2.78. The maximum atomic E-state index is 2.26. The average Bonchev–Trinajstić information content (AvgIpc) is 2.35. The van der Waals surface area contributed by atoms with Gasteiger partial charge in [-0.25, -0.2) is 0 Å². The lowest BCUT2D eigenvalue weighted by molar-refractivity contribution is 0.624. The van der Waals surface area contributed by atoms with E-state index in [2.05, 4.69) is 52.0 Å².